The summed E-state index contributed by atoms with van der Waals surface area (Å²) in [6, 6.07) is 7.58. The zero-order valence-corrected chi connectivity index (χ0v) is 14.5. The van der Waals surface area contributed by atoms with Gasteiger partial charge in [0.2, 0.25) is 10.0 Å². The van der Waals surface area contributed by atoms with E-state index in [1.165, 1.54) is 10.6 Å². The fraction of sp³-hybridized carbons (Fsp3) is 0.500. The molecule has 1 fully saturated rings. The Hall–Kier alpha value is -1.06. The van der Waals surface area contributed by atoms with Gasteiger partial charge in [0.05, 0.1) is 12.8 Å². The lowest BCUT2D eigenvalue weighted by molar-refractivity contribution is 0.185. The number of likely N-dealkylation sites (tertiary alicyclic amines) is 1. The molecule has 1 aliphatic heterocycles. The summed E-state index contributed by atoms with van der Waals surface area (Å²) >= 11 is 5.84. The molecule has 1 aliphatic rings. The lowest BCUT2D eigenvalue weighted by Gasteiger charge is -2.34. The van der Waals surface area contributed by atoms with Crippen LogP contribution in [0.25, 0.3) is 0 Å². The smallest absolute Gasteiger partial charge is 0.211 e. The van der Waals surface area contributed by atoms with E-state index in [0.29, 0.717) is 11.6 Å². The number of halogens is 1. The van der Waals surface area contributed by atoms with Gasteiger partial charge in [-0.05, 0) is 37.1 Å². The van der Waals surface area contributed by atoms with Crippen LogP contribution in [0, 0.1) is 11.8 Å². The van der Waals surface area contributed by atoms with Crippen LogP contribution in [0.5, 0.6) is 0 Å². The second-order valence-electron chi connectivity index (χ2n) is 5.60. The highest BCUT2D eigenvalue weighted by Crippen LogP contribution is 2.17. The molecule has 6 heteroatoms. The Morgan fingerprint density at radius 3 is 2.41 bits per heavy atom. The summed E-state index contributed by atoms with van der Waals surface area (Å²) in [6.07, 6.45) is 2.97. The molecule has 1 aromatic carbocycles. The maximum Gasteiger partial charge on any atom is 0.211 e. The molecule has 0 saturated carbocycles. The van der Waals surface area contributed by atoms with Crippen LogP contribution in [-0.2, 0) is 10.0 Å². The third-order valence-corrected chi connectivity index (χ3v) is 5.57. The van der Waals surface area contributed by atoms with E-state index in [1.807, 2.05) is 24.3 Å². The molecule has 1 aromatic rings. The van der Waals surface area contributed by atoms with Gasteiger partial charge in [-0.1, -0.05) is 23.4 Å². The van der Waals surface area contributed by atoms with Crippen molar-refractivity contribution in [3.63, 3.8) is 0 Å². The molecule has 120 valence electrons. The van der Waals surface area contributed by atoms with Crippen LogP contribution in [0.2, 0.25) is 5.02 Å². The fourth-order valence-corrected chi connectivity index (χ4v) is 3.38. The molecule has 0 atom stereocenters. The molecule has 0 amide bonds. The number of piperidine rings is 1. The molecule has 0 N–H and O–H groups in total. The van der Waals surface area contributed by atoms with Gasteiger partial charge in [-0.3, -0.25) is 4.90 Å². The van der Waals surface area contributed by atoms with Crippen LogP contribution in [0.3, 0.4) is 0 Å². The highest BCUT2D eigenvalue weighted by Gasteiger charge is 2.26. The average Bonchev–Trinajstić information content (AvgIpc) is 2.48. The van der Waals surface area contributed by atoms with Gasteiger partial charge in [-0.25, -0.2) is 12.7 Å². The maximum atomic E-state index is 11.5. The molecule has 4 nitrogen and oxygen atoms in total. The van der Waals surface area contributed by atoms with Gasteiger partial charge in [0, 0.05) is 36.8 Å². The van der Waals surface area contributed by atoms with E-state index in [1.54, 1.807) is 7.05 Å². The van der Waals surface area contributed by atoms with Crippen LogP contribution in [0.1, 0.15) is 18.4 Å². The van der Waals surface area contributed by atoms with E-state index in [4.69, 9.17) is 11.6 Å². The normalized spacial score (nSPS) is 17.3. The molecular formula is C16H21ClN2O2S. The van der Waals surface area contributed by atoms with E-state index < -0.39 is 10.0 Å². The predicted octanol–water partition coefficient (Wildman–Crippen LogP) is 2.05. The van der Waals surface area contributed by atoms with Crippen molar-refractivity contribution in [3.05, 3.63) is 34.9 Å². The molecule has 0 aliphatic carbocycles. The topological polar surface area (TPSA) is 40.6 Å². The first-order chi connectivity index (χ1) is 10.4. The molecule has 1 saturated heterocycles. The Morgan fingerprint density at radius 1 is 1.27 bits per heavy atom. The minimum absolute atomic E-state index is 0.107. The van der Waals surface area contributed by atoms with Crippen LogP contribution in [0.4, 0.5) is 0 Å². The Balaban J connectivity index is 1.82. The SMILES string of the molecule is CN(C1CCN(CC#Cc2ccc(Cl)cc2)CC1)S(C)(=O)=O. The van der Waals surface area contributed by atoms with Crippen molar-refractivity contribution in [1.82, 2.24) is 9.21 Å². The van der Waals surface area contributed by atoms with Crippen molar-refractivity contribution in [3.8, 4) is 11.8 Å². The van der Waals surface area contributed by atoms with Gasteiger partial charge >= 0.3 is 0 Å². The van der Waals surface area contributed by atoms with Crippen molar-refractivity contribution < 1.29 is 8.42 Å². The van der Waals surface area contributed by atoms with Crippen molar-refractivity contribution in [2.45, 2.75) is 18.9 Å². The summed E-state index contributed by atoms with van der Waals surface area (Å²) in [7, 11) is -1.44. The first-order valence-electron chi connectivity index (χ1n) is 7.26. The van der Waals surface area contributed by atoms with E-state index in [2.05, 4.69) is 16.7 Å². The van der Waals surface area contributed by atoms with E-state index in [0.717, 1.165) is 31.5 Å². The van der Waals surface area contributed by atoms with Crippen molar-refractivity contribution in [1.29, 1.82) is 0 Å². The number of rotatable bonds is 3. The first kappa shape index (κ1) is 17.3. The number of sulfonamides is 1. The van der Waals surface area contributed by atoms with Gasteiger partial charge in [0.15, 0.2) is 0 Å². The van der Waals surface area contributed by atoms with Gasteiger partial charge < -0.3 is 0 Å². The summed E-state index contributed by atoms with van der Waals surface area (Å²) in [4.78, 5) is 2.26. The van der Waals surface area contributed by atoms with Crippen molar-refractivity contribution in [2.24, 2.45) is 0 Å². The second kappa shape index (κ2) is 7.47. The van der Waals surface area contributed by atoms with Gasteiger partial charge in [-0.2, -0.15) is 0 Å². The highest BCUT2D eigenvalue weighted by molar-refractivity contribution is 7.88. The maximum absolute atomic E-state index is 11.5. The third kappa shape index (κ3) is 4.99. The minimum Gasteiger partial charge on any atom is -0.292 e. The van der Waals surface area contributed by atoms with E-state index >= 15 is 0 Å². The molecule has 0 unspecified atom stereocenters. The first-order valence-corrected chi connectivity index (χ1v) is 9.48. The lowest BCUT2D eigenvalue weighted by Crippen LogP contribution is -2.45. The number of hydrogen-bond acceptors (Lipinski definition) is 3. The minimum atomic E-state index is -3.10. The zero-order chi connectivity index (χ0) is 16.2. The Kier molecular flexibility index (Phi) is 5.87. The molecule has 0 spiro atoms. The summed E-state index contributed by atoms with van der Waals surface area (Å²) in [5.74, 6) is 6.29. The van der Waals surface area contributed by atoms with Crippen molar-refractivity contribution in [2.75, 3.05) is 32.9 Å². The third-order valence-electron chi connectivity index (χ3n) is 3.97. The average molecular weight is 341 g/mol. The van der Waals surface area contributed by atoms with Crippen LogP contribution in [-0.4, -0.2) is 56.6 Å². The van der Waals surface area contributed by atoms with Gasteiger partial charge in [-0.15, -0.1) is 0 Å². The monoisotopic (exact) mass is 340 g/mol. The van der Waals surface area contributed by atoms with Gasteiger partial charge in [0.1, 0.15) is 0 Å². The van der Waals surface area contributed by atoms with Crippen LogP contribution >= 0.6 is 11.6 Å². The molecule has 0 bridgehead atoms. The number of nitrogens with zero attached hydrogens (tertiary/aromatic N) is 2. The largest absolute Gasteiger partial charge is 0.292 e. The molecule has 22 heavy (non-hydrogen) atoms. The quantitative estimate of drug-likeness (QED) is 0.791. The zero-order valence-electron chi connectivity index (χ0n) is 12.9. The Labute approximate surface area is 138 Å². The number of benzene rings is 1. The molecule has 1 heterocycles. The van der Waals surface area contributed by atoms with Crippen LogP contribution < -0.4 is 0 Å². The van der Waals surface area contributed by atoms with E-state index in [-0.39, 0.29) is 6.04 Å². The molecule has 0 aromatic heterocycles. The Morgan fingerprint density at radius 2 is 1.86 bits per heavy atom. The summed E-state index contributed by atoms with van der Waals surface area (Å²) < 4.78 is 24.6. The molecular weight excluding hydrogens is 320 g/mol. The predicted molar refractivity (Wildman–Crippen MR) is 90.4 cm³/mol. The Bertz CT molecular complexity index is 654. The summed E-state index contributed by atoms with van der Waals surface area (Å²) in [5.41, 5.74) is 0.955. The second-order valence-corrected chi connectivity index (χ2v) is 8.07. The molecule has 0 radical (unpaired) electrons. The van der Waals surface area contributed by atoms with Gasteiger partial charge in [0.25, 0.3) is 0 Å². The highest BCUT2D eigenvalue weighted by atomic mass is 35.5. The fourth-order valence-electron chi connectivity index (χ4n) is 2.50. The lowest BCUT2D eigenvalue weighted by atomic mass is 10.1. The summed E-state index contributed by atoms with van der Waals surface area (Å²) in [5, 5.41) is 0.711. The van der Waals surface area contributed by atoms with Crippen LogP contribution in [0.15, 0.2) is 24.3 Å². The standard InChI is InChI=1S/C16H21ClN2O2S/c1-18(22(2,20)21)16-9-12-19(13-10-16)11-3-4-14-5-7-15(17)8-6-14/h5-8,16H,9-13H2,1-2H3. The summed E-state index contributed by atoms with van der Waals surface area (Å²) in [6.45, 7) is 2.46. The number of hydrogen-bond donors (Lipinski definition) is 0. The molecule has 2 rings (SSSR count). The van der Waals surface area contributed by atoms with E-state index in [9.17, 15) is 8.42 Å². The van der Waals surface area contributed by atoms with Crippen molar-refractivity contribution >= 4 is 21.6 Å².